The number of aryl methyl sites for hydroxylation is 1. The van der Waals surface area contributed by atoms with E-state index in [4.69, 9.17) is 0 Å². The number of anilines is 2. The van der Waals surface area contributed by atoms with Crippen molar-refractivity contribution in [3.05, 3.63) is 89.7 Å². The zero-order valence-electron chi connectivity index (χ0n) is 16.7. The van der Waals surface area contributed by atoms with Gasteiger partial charge in [-0.2, -0.15) is 9.36 Å². The van der Waals surface area contributed by atoms with Gasteiger partial charge in [-0.1, -0.05) is 30.3 Å². The lowest BCUT2D eigenvalue weighted by molar-refractivity contribution is 0.102. The van der Waals surface area contributed by atoms with E-state index in [1.165, 1.54) is 43.3 Å². The maximum atomic E-state index is 13.4. The van der Waals surface area contributed by atoms with E-state index in [9.17, 15) is 17.6 Å². The molecule has 0 radical (unpaired) electrons. The molecule has 0 spiro atoms. The first-order valence-electron chi connectivity index (χ1n) is 9.41. The number of rotatable bonds is 6. The molecule has 0 aliphatic carbocycles. The van der Waals surface area contributed by atoms with Crippen LogP contribution in [0.3, 0.4) is 0 Å². The number of hydrogen-bond donors (Lipinski definition) is 2. The average molecular weight is 469 g/mol. The third-order valence-electron chi connectivity index (χ3n) is 4.52. The van der Waals surface area contributed by atoms with Gasteiger partial charge in [-0.3, -0.25) is 14.8 Å². The summed E-state index contributed by atoms with van der Waals surface area (Å²) in [7, 11) is -3.89. The Balaban J connectivity index is 1.44. The van der Waals surface area contributed by atoms with Crippen LogP contribution in [-0.2, 0) is 10.0 Å². The Morgan fingerprint density at radius 3 is 2.41 bits per heavy atom. The smallest absolute Gasteiger partial charge is 0.261 e. The predicted octanol–water partition coefficient (Wildman–Crippen LogP) is 4.71. The Morgan fingerprint density at radius 1 is 1.00 bits per heavy atom. The molecule has 0 fully saturated rings. The third kappa shape index (κ3) is 4.82. The monoisotopic (exact) mass is 468 g/mol. The van der Waals surface area contributed by atoms with Crippen LogP contribution in [0.5, 0.6) is 0 Å². The Labute approximate surface area is 188 Å². The first kappa shape index (κ1) is 21.6. The molecule has 0 saturated carbocycles. The molecule has 1 aromatic heterocycles. The Kier molecular flexibility index (Phi) is 5.97. The number of nitrogens with zero attached hydrogens (tertiary/aromatic N) is 2. The fraction of sp³-hybridized carbons (Fsp3) is 0.0455. The van der Waals surface area contributed by atoms with Gasteiger partial charge < -0.3 is 0 Å². The largest absolute Gasteiger partial charge is 0.297 e. The van der Waals surface area contributed by atoms with Gasteiger partial charge >= 0.3 is 0 Å². The number of carbonyl (C=O) groups excluding carboxylic acids is 1. The molecule has 7 nitrogen and oxygen atoms in total. The second-order valence-corrected chi connectivity index (χ2v) is 9.27. The number of carbonyl (C=O) groups is 1. The molecule has 3 aromatic carbocycles. The summed E-state index contributed by atoms with van der Waals surface area (Å²) in [5.74, 6) is -0.360. The molecule has 162 valence electrons. The molecule has 10 heteroatoms. The standard InChI is InChI=1S/C22H17FN4O3S2/c1-14-13-18(11-12-19(14)23)32(29,30)27-17-9-7-16(8-10-17)21(28)25-22-24-20(26-31-22)15-5-3-2-4-6-15/h2-13,27H,1H3,(H,24,25,26,28). The number of aromatic nitrogens is 2. The van der Waals surface area contributed by atoms with E-state index in [0.29, 0.717) is 16.5 Å². The van der Waals surface area contributed by atoms with Crippen LogP contribution < -0.4 is 10.0 Å². The van der Waals surface area contributed by atoms with E-state index in [0.717, 1.165) is 23.2 Å². The van der Waals surface area contributed by atoms with Gasteiger partial charge in [0.05, 0.1) is 4.90 Å². The quantitative estimate of drug-likeness (QED) is 0.427. The summed E-state index contributed by atoms with van der Waals surface area (Å²) in [6, 6.07) is 18.9. The van der Waals surface area contributed by atoms with E-state index in [1.54, 1.807) is 0 Å². The second kappa shape index (κ2) is 8.85. The highest BCUT2D eigenvalue weighted by Crippen LogP contribution is 2.22. The van der Waals surface area contributed by atoms with Crippen molar-refractivity contribution in [2.24, 2.45) is 0 Å². The van der Waals surface area contributed by atoms with Crippen LogP contribution in [0.2, 0.25) is 0 Å². The fourth-order valence-corrected chi connectivity index (χ4v) is 4.56. The maximum absolute atomic E-state index is 13.4. The molecule has 0 saturated heterocycles. The van der Waals surface area contributed by atoms with Crippen molar-refractivity contribution in [3.63, 3.8) is 0 Å². The number of benzene rings is 3. The van der Waals surface area contributed by atoms with Crippen LogP contribution in [0.25, 0.3) is 11.4 Å². The van der Waals surface area contributed by atoms with Crippen molar-refractivity contribution in [2.75, 3.05) is 10.0 Å². The molecule has 0 unspecified atom stereocenters. The zero-order chi connectivity index (χ0) is 22.7. The maximum Gasteiger partial charge on any atom is 0.261 e. The molecule has 0 bridgehead atoms. The summed E-state index contributed by atoms with van der Waals surface area (Å²) in [6.07, 6.45) is 0. The van der Waals surface area contributed by atoms with Crippen LogP contribution in [-0.4, -0.2) is 23.7 Å². The van der Waals surface area contributed by atoms with Gasteiger partial charge in [0, 0.05) is 28.3 Å². The highest BCUT2D eigenvalue weighted by Gasteiger charge is 2.16. The van der Waals surface area contributed by atoms with Crippen LogP contribution in [0.1, 0.15) is 15.9 Å². The average Bonchev–Trinajstić information content (AvgIpc) is 3.25. The molecule has 0 aliphatic rings. The summed E-state index contributed by atoms with van der Waals surface area (Å²) in [4.78, 5) is 16.8. The number of amides is 1. The van der Waals surface area contributed by atoms with Gasteiger partial charge in [-0.05, 0) is 55.0 Å². The van der Waals surface area contributed by atoms with Gasteiger partial charge in [0.15, 0.2) is 5.82 Å². The summed E-state index contributed by atoms with van der Waals surface area (Å²) in [6.45, 7) is 1.49. The molecule has 4 aromatic rings. The number of halogens is 1. The molecule has 1 heterocycles. The van der Waals surface area contributed by atoms with E-state index >= 15 is 0 Å². The van der Waals surface area contributed by atoms with Crippen molar-refractivity contribution in [3.8, 4) is 11.4 Å². The first-order valence-corrected chi connectivity index (χ1v) is 11.7. The lowest BCUT2D eigenvalue weighted by Crippen LogP contribution is -2.14. The summed E-state index contributed by atoms with van der Waals surface area (Å²) >= 11 is 1.07. The SMILES string of the molecule is Cc1cc(S(=O)(=O)Nc2ccc(C(=O)Nc3nc(-c4ccccc4)ns3)cc2)ccc1F. The number of sulfonamides is 1. The molecule has 2 N–H and O–H groups in total. The Bertz CT molecular complexity index is 1370. The van der Waals surface area contributed by atoms with Gasteiger partial charge in [0.1, 0.15) is 5.82 Å². The van der Waals surface area contributed by atoms with Crippen LogP contribution >= 0.6 is 11.5 Å². The molecule has 4 rings (SSSR count). The highest BCUT2D eigenvalue weighted by atomic mass is 32.2. The summed E-state index contributed by atoms with van der Waals surface area (Å²) in [5, 5.41) is 3.04. The summed E-state index contributed by atoms with van der Waals surface area (Å²) in [5.41, 5.74) is 1.66. The van der Waals surface area contributed by atoms with E-state index in [1.807, 2.05) is 30.3 Å². The Hall–Kier alpha value is -3.63. The number of nitrogens with one attached hydrogen (secondary N) is 2. The van der Waals surface area contributed by atoms with Crippen molar-refractivity contribution in [1.29, 1.82) is 0 Å². The van der Waals surface area contributed by atoms with E-state index in [2.05, 4.69) is 19.4 Å². The molecule has 0 aliphatic heterocycles. The van der Waals surface area contributed by atoms with Crippen LogP contribution in [0.4, 0.5) is 15.2 Å². The first-order chi connectivity index (χ1) is 15.3. The van der Waals surface area contributed by atoms with Crippen LogP contribution in [0, 0.1) is 12.7 Å². The molecular formula is C22H17FN4O3S2. The minimum absolute atomic E-state index is 0.0521. The van der Waals surface area contributed by atoms with Gasteiger partial charge in [-0.15, -0.1) is 0 Å². The highest BCUT2D eigenvalue weighted by molar-refractivity contribution is 7.92. The normalized spacial score (nSPS) is 11.2. The molecular weight excluding hydrogens is 451 g/mol. The van der Waals surface area contributed by atoms with Crippen molar-refractivity contribution in [2.45, 2.75) is 11.8 Å². The van der Waals surface area contributed by atoms with Gasteiger partial charge in [-0.25, -0.2) is 12.8 Å². The lowest BCUT2D eigenvalue weighted by atomic mass is 10.2. The summed E-state index contributed by atoms with van der Waals surface area (Å²) < 4.78 is 45.1. The van der Waals surface area contributed by atoms with Crippen molar-refractivity contribution in [1.82, 2.24) is 9.36 Å². The molecule has 1 amide bonds. The lowest BCUT2D eigenvalue weighted by Gasteiger charge is -2.09. The van der Waals surface area contributed by atoms with Crippen LogP contribution in [0.15, 0.2) is 77.7 Å². The minimum Gasteiger partial charge on any atom is -0.297 e. The number of hydrogen-bond acceptors (Lipinski definition) is 6. The van der Waals surface area contributed by atoms with E-state index < -0.39 is 21.7 Å². The van der Waals surface area contributed by atoms with Crippen molar-refractivity contribution >= 4 is 38.3 Å². The zero-order valence-corrected chi connectivity index (χ0v) is 18.4. The van der Waals surface area contributed by atoms with Gasteiger partial charge in [0.2, 0.25) is 5.13 Å². The molecule has 0 atom stereocenters. The molecule has 32 heavy (non-hydrogen) atoms. The minimum atomic E-state index is -3.89. The van der Waals surface area contributed by atoms with Crippen molar-refractivity contribution < 1.29 is 17.6 Å². The predicted molar refractivity (Wildman–Crippen MR) is 122 cm³/mol. The fourth-order valence-electron chi connectivity index (χ4n) is 2.84. The third-order valence-corrected chi connectivity index (χ3v) is 6.53. The van der Waals surface area contributed by atoms with Gasteiger partial charge in [0.25, 0.3) is 15.9 Å². The second-order valence-electron chi connectivity index (χ2n) is 6.84. The van der Waals surface area contributed by atoms with E-state index in [-0.39, 0.29) is 16.1 Å². The Morgan fingerprint density at radius 2 is 1.72 bits per heavy atom. The topological polar surface area (TPSA) is 101 Å².